The van der Waals surface area contributed by atoms with Gasteiger partial charge in [-0.3, -0.25) is 0 Å². The normalized spacial score (nSPS) is 30.7. The molecular formula is C14H29N3. The number of piperidine rings is 2. The van der Waals surface area contributed by atoms with Gasteiger partial charge in [-0.2, -0.15) is 0 Å². The second kappa shape index (κ2) is 6.17. The maximum absolute atomic E-state index is 3.49. The van der Waals surface area contributed by atoms with Gasteiger partial charge in [-0.05, 0) is 78.3 Å². The predicted octanol–water partition coefficient (Wildman–Crippen LogP) is 1.26. The van der Waals surface area contributed by atoms with Crippen LogP contribution in [0.25, 0.3) is 0 Å². The van der Waals surface area contributed by atoms with Gasteiger partial charge in [0.05, 0.1) is 0 Å². The third kappa shape index (κ3) is 3.43. The van der Waals surface area contributed by atoms with Crippen molar-refractivity contribution in [3.63, 3.8) is 0 Å². The number of rotatable bonds is 3. The van der Waals surface area contributed by atoms with Gasteiger partial charge in [0.2, 0.25) is 0 Å². The Bertz CT molecular complexity index is 224. The Morgan fingerprint density at radius 2 is 1.82 bits per heavy atom. The average Bonchev–Trinajstić information content (AvgIpc) is 2.30. The van der Waals surface area contributed by atoms with Crippen LogP contribution >= 0.6 is 0 Å². The van der Waals surface area contributed by atoms with Crippen molar-refractivity contribution >= 4 is 0 Å². The van der Waals surface area contributed by atoms with E-state index >= 15 is 0 Å². The van der Waals surface area contributed by atoms with Crippen LogP contribution in [0.15, 0.2) is 0 Å². The highest BCUT2D eigenvalue weighted by molar-refractivity contribution is 4.88. The molecule has 2 fully saturated rings. The Morgan fingerprint density at radius 1 is 1.12 bits per heavy atom. The molecule has 0 aromatic carbocycles. The van der Waals surface area contributed by atoms with Crippen LogP contribution in [0.4, 0.5) is 0 Å². The summed E-state index contributed by atoms with van der Waals surface area (Å²) < 4.78 is 0. The summed E-state index contributed by atoms with van der Waals surface area (Å²) in [6.45, 7) is 5.03. The molecule has 2 heterocycles. The van der Waals surface area contributed by atoms with Crippen molar-refractivity contribution in [2.24, 2.45) is 11.8 Å². The molecule has 1 N–H and O–H groups in total. The van der Waals surface area contributed by atoms with Gasteiger partial charge in [0.1, 0.15) is 0 Å². The van der Waals surface area contributed by atoms with Gasteiger partial charge in [-0.25, -0.2) is 0 Å². The zero-order valence-electron chi connectivity index (χ0n) is 11.8. The van der Waals surface area contributed by atoms with E-state index in [-0.39, 0.29) is 0 Å². The summed E-state index contributed by atoms with van der Waals surface area (Å²) in [7, 11) is 6.84. The zero-order valence-corrected chi connectivity index (χ0v) is 11.8. The van der Waals surface area contributed by atoms with Crippen molar-refractivity contribution in [2.45, 2.75) is 31.7 Å². The first kappa shape index (κ1) is 13.3. The summed E-state index contributed by atoms with van der Waals surface area (Å²) in [4.78, 5) is 5.02. The molecule has 17 heavy (non-hydrogen) atoms. The highest BCUT2D eigenvalue weighted by Crippen LogP contribution is 2.30. The first-order chi connectivity index (χ1) is 8.18. The molecule has 2 unspecified atom stereocenters. The average molecular weight is 239 g/mol. The molecule has 2 atom stereocenters. The van der Waals surface area contributed by atoms with Crippen molar-refractivity contribution in [3.8, 4) is 0 Å². The van der Waals surface area contributed by atoms with Crippen LogP contribution in [0.3, 0.4) is 0 Å². The van der Waals surface area contributed by atoms with Crippen LogP contribution in [0.5, 0.6) is 0 Å². The Kier molecular flexibility index (Phi) is 4.83. The van der Waals surface area contributed by atoms with Crippen LogP contribution in [0, 0.1) is 11.8 Å². The lowest BCUT2D eigenvalue weighted by Gasteiger charge is -2.43. The van der Waals surface area contributed by atoms with Crippen LogP contribution < -0.4 is 5.32 Å². The van der Waals surface area contributed by atoms with Gasteiger partial charge in [-0.1, -0.05) is 0 Å². The smallest absolute Gasteiger partial charge is 0.0159 e. The van der Waals surface area contributed by atoms with E-state index in [1.54, 1.807) is 0 Å². The summed E-state index contributed by atoms with van der Waals surface area (Å²) in [5, 5.41) is 3.49. The lowest BCUT2D eigenvalue weighted by atomic mass is 9.78. The molecule has 0 aromatic heterocycles. The zero-order chi connectivity index (χ0) is 12.3. The fourth-order valence-corrected chi connectivity index (χ4v) is 3.90. The lowest BCUT2D eigenvalue weighted by Crippen LogP contribution is -2.50. The Labute approximate surface area is 107 Å². The minimum atomic E-state index is 0.792. The molecule has 0 bridgehead atoms. The molecule has 0 amide bonds. The molecule has 2 aliphatic heterocycles. The maximum atomic E-state index is 3.49. The highest BCUT2D eigenvalue weighted by atomic mass is 15.1. The summed E-state index contributed by atoms with van der Waals surface area (Å²) in [6.07, 6.45) is 5.54. The third-order valence-corrected chi connectivity index (χ3v) is 4.61. The molecule has 0 aliphatic carbocycles. The van der Waals surface area contributed by atoms with E-state index in [2.05, 4.69) is 36.3 Å². The van der Waals surface area contributed by atoms with E-state index < -0.39 is 0 Å². The number of hydrogen-bond acceptors (Lipinski definition) is 3. The highest BCUT2D eigenvalue weighted by Gasteiger charge is 2.33. The topological polar surface area (TPSA) is 18.5 Å². The largest absolute Gasteiger partial charge is 0.317 e. The van der Waals surface area contributed by atoms with Crippen molar-refractivity contribution in [3.05, 3.63) is 0 Å². The fourth-order valence-electron chi connectivity index (χ4n) is 3.90. The van der Waals surface area contributed by atoms with Crippen molar-refractivity contribution in [2.75, 3.05) is 47.3 Å². The van der Waals surface area contributed by atoms with Gasteiger partial charge in [0.25, 0.3) is 0 Å². The quantitative estimate of drug-likeness (QED) is 0.800. The molecule has 100 valence electrons. The lowest BCUT2D eigenvalue weighted by molar-refractivity contribution is 0.0700. The van der Waals surface area contributed by atoms with E-state index in [1.165, 1.54) is 51.9 Å². The van der Waals surface area contributed by atoms with Gasteiger partial charge in [0, 0.05) is 12.6 Å². The van der Waals surface area contributed by atoms with Crippen molar-refractivity contribution in [1.29, 1.82) is 0 Å². The van der Waals surface area contributed by atoms with Gasteiger partial charge in [0.15, 0.2) is 0 Å². The molecule has 3 nitrogen and oxygen atoms in total. The monoisotopic (exact) mass is 239 g/mol. The van der Waals surface area contributed by atoms with Gasteiger partial charge >= 0.3 is 0 Å². The van der Waals surface area contributed by atoms with Crippen molar-refractivity contribution in [1.82, 2.24) is 15.1 Å². The van der Waals surface area contributed by atoms with Gasteiger partial charge < -0.3 is 15.1 Å². The Balaban J connectivity index is 1.99. The van der Waals surface area contributed by atoms with Crippen LogP contribution in [-0.2, 0) is 0 Å². The summed E-state index contributed by atoms with van der Waals surface area (Å²) in [5.74, 6) is 1.79. The summed E-state index contributed by atoms with van der Waals surface area (Å²) in [5.41, 5.74) is 0. The van der Waals surface area contributed by atoms with E-state index in [0.717, 1.165) is 17.9 Å². The SMILES string of the molecule is CN1CCCC(C(C2CCNCC2)N(C)C)C1. The first-order valence-corrected chi connectivity index (χ1v) is 7.24. The van der Waals surface area contributed by atoms with Crippen molar-refractivity contribution < 1.29 is 0 Å². The van der Waals surface area contributed by atoms with E-state index in [0.29, 0.717) is 0 Å². The van der Waals surface area contributed by atoms with Gasteiger partial charge in [-0.15, -0.1) is 0 Å². The van der Waals surface area contributed by atoms with E-state index in [4.69, 9.17) is 0 Å². The molecule has 0 aromatic rings. The maximum Gasteiger partial charge on any atom is 0.0159 e. The second-order valence-corrected chi connectivity index (χ2v) is 6.21. The number of nitrogens with one attached hydrogen (secondary N) is 1. The molecular weight excluding hydrogens is 210 g/mol. The van der Waals surface area contributed by atoms with Crippen LogP contribution in [-0.4, -0.2) is 63.2 Å². The molecule has 0 saturated carbocycles. The summed E-state index contributed by atoms with van der Waals surface area (Å²) in [6, 6.07) is 0.792. The van der Waals surface area contributed by atoms with E-state index in [9.17, 15) is 0 Å². The Morgan fingerprint density at radius 3 is 2.41 bits per heavy atom. The molecule has 0 radical (unpaired) electrons. The minimum absolute atomic E-state index is 0.792. The summed E-state index contributed by atoms with van der Waals surface area (Å²) >= 11 is 0. The minimum Gasteiger partial charge on any atom is -0.317 e. The fraction of sp³-hybridized carbons (Fsp3) is 1.00. The molecule has 2 aliphatic rings. The predicted molar refractivity (Wildman–Crippen MR) is 73.3 cm³/mol. The van der Waals surface area contributed by atoms with E-state index in [1.807, 2.05) is 0 Å². The number of likely N-dealkylation sites (tertiary alicyclic amines) is 1. The van der Waals surface area contributed by atoms with Crippen LogP contribution in [0.1, 0.15) is 25.7 Å². The number of hydrogen-bond donors (Lipinski definition) is 1. The molecule has 2 saturated heterocycles. The standard InChI is InChI=1S/C14H29N3/c1-16(2)14(12-6-8-15-9-7-12)13-5-4-10-17(3)11-13/h12-15H,4-11H2,1-3H3. The Hall–Kier alpha value is -0.120. The molecule has 0 spiro atoms. The molecule has 2 rings (SSSR count). The third-order valence-electron chi connectivity index (χ3n) is 4.61. The first-order valence-electron chi connectivity index (χ1n) is 7.24. The molecule has 3 heteroatoms. The van der Waals surface area contributed by atoms with Crippen LogP contribution in [0.2, 0.25) is 0 Å². The number of nitrogens with zero attached hydrogens (tertiary/aromatic N) is 2. The second-order valence-electron chi connectivity index (χ2n) is 6.21.